The largest absolute Gasteiger partial charge is 0.393 e. The van der Waals surface area contributed by atoms with Crippen LogP contribution in [0, 0.1) is 34.5 Å². The van der Waals surface area contributed by atoms with Crippen molar-refractivity contribution < 1.29 is 24.1 Å². The lowest BCUT2D eigenvalue weighted by Crippen LogP contribution is -2.61. The van der Waals surface area contributed by atoms with Crippen LogP contribution in [0.15, 0.2) is 0 Å². The molecule has 4 aliphatic carbocycles. The second kappa shape index (κ2) is 6.91. The zero-order chi connectivity index (χ0) is 19.6. The smallest absolute Gasteiger partial charge is 0.174 e. The lowest BCUT2D eigenvalue weighted by molar-refractivity contribution is -0.265. The van der Waals surface area contributed by atoms with E-state index in [1.165, 1.54) is 19.3 Å². The van der Waals surface area contributed by atoms with Gasteiger partial charge in [-0.3, -0.25) is 0 Å². The van der Waals surface area contributed by atoms with Crippen molar-refractivity contribution in [2.24, 2.45) is 34.5 Å². The van der Waals surface area contributed by atoms with Crippen LogP contribution in [0.25, 0.3) is 0 Å². The molecule has 1 spiro atoms. The molecule has 0 aromatic rings. The van der Waals surface area contributed by atoms with Gasteiger partial charge in [0.25, 0.3) is 0 Å². The molecule has 0 unspecified atom stereocenters. The van der Waals surface area contributed by atoms with E-state index in [9.17, 15) is 5.11 Å². The molecule has 1 N–H and O–H groups in total. The predicted molar refractivity (Wildman–Crippen MR) is 105 cm³/mol. The maximum Gasteiger partial charge on any atom is 0.174 e. The van der Waals surface area contributed by atoms with E-state index in [1.807, 2.05) is 0 Å². The highest BCUT2D eigenvalue weighted by atomic mass is 16.7. The summed E-state index contributed by atoms with van der Waals surface area (Å²) in [7, 11) is 1.69. The Kier molecular flexibility index (Phi) is 4.87. The van der Waals surface area contributed by atoms with Crippen molar-refractivity contribution in [2.75, 3.05) is 27.1 Å². The van der Waals surface area contributed by atoms with Crippen molar-refractivity contribution in [1.82, 2.24) is 0 Å². The molecule has 1 aliphatic heterocycles. The van der Waals surface area contributed by atoms with E-state index in [4.69, 9.17) is 18.9 Å². The molecule has 0 aromatic carbocycles. The Balaban J connectivity index is 1.39. The third kappa shape index (κ3) is 2.62. The molecular formula is C23H38O5. The Morgan fingerprint density at radius 1 is 1.04 bits per heavy atom. The molecule has 0 amide bonds. The number of hydrogen-bond donors (Lipinski definition) is 1. The van der Waals surface area contributed by atoms with E-state index in [2.05, 4.69) is 13.8 Å². The fraction of sp³-hybridized carbons (Fsp3) is 1.00. The maximum absolute atomic E-state index is 11.5. The minimum absolute atomic E-state index is 0.0495. The number of methoxy groups -OCH3 is 1. The second-order valence-corrected chi connectivity index (χ2v) is 10.7. The standard InChI is InChI=1S/C23H38O5/c1-21-8-6-16(26-14-25-3)12-15(21)4-5-17-18-7-9-23(27-10-11-28-23)22(18,2)13-19(24)20(17)21/h15-20,24H,4-14H2,1-3H3/t15-,16+,17-,18-,19-,20+,21-,22-/m1/s1. The SMILES string of the molecule is COCO[C@H]1CC[C@]2(C)[C@H](CC[C@H]3[C@H]2[C@H](O)C[C@]2(C)[C@@H]3CCC23OCCO3)C1. The molecule has 28 heavy (non-hydrogen) atoms. The summed E-state index contributed by atoms with van der Waals surface area (Å²) in [5, 5.41) is 11.5. The summed E-state index contributed by atoms with van der Waals surface area (Å²) in [6.07, 6.45) is 8.93. The summed E-state index contributed by atoms with van der Waals surface area (Å²) in [5.74, 6) is 1.83. The molecule has 5 nitrogen and oxygen atoms in total. The molecule has 5 fully saturated rings. The van der Waals surface area contributed by atoms with Crippen LogP contribution in [-0.4, -0.2) is 50.2 Å². The topological polar surface area (TPSA) is 57.2 Å². The van der Waals surface area contributed by atoms with Crippen molar-refractivity contribution >= 4 is 0 Å². The molecule has 1 heterocycles. The fourth-order valence-corrected chi connectivity index (χ4v) is 8.54. The van der Waals surface area contributed by atoms with E-state index in [0.29, 0.717) is 49.8 Å². The van der Waals surface area contributed by atoms with Gasteiger partial charge in [0.05, 0.1) is 25.4 Å². The molecule has 5 aliphatic rings. The predicted octanol–water partition coefficient (Wildman–Crippen LogP) is 3.73. The van der Waals surface area contributed by atoms with Crippen LogP contribution < -0.4 is 0 Å². The summed E-state index contributed by atoms with van der Waals surface area (Å²) >= 11 is 0. The monoisotopic (exact) mass is 394 g/mol. The highest BCUT2D eigenvalue weighted by molar-refractivity contribution is 5.15. The van der Waals surface area contributed by atoms with E-state index in [0.717, 1.165) is 32.1 Å². The quantitative estimate of drug-likeness (QED) is 0.739. The number of hydrogen-bond acceptors (Lipinski definition) is 5. The van der Waals surface area contributed by atoms with Gasteiger partial charge in [-0.1, -0.05) is 13.8 Å². The summed E-state index contributed by atoms with van der Waals surface area (Å²) in [6.45, 7) is 6.62. The minimum atomic E-state index is -0.437. The Hall–Kier alpha value is -0.200. The molecule has 160 valence electrons. The third-order valence-corrected chi connectivity index (χ3v) is 9.77. The van der Waals surface area contributed by atoms with Gasteiger partial charge in [-0.2, -0.15) is 0 Å². The van der Waals surface area contributed by atoms with Crippen LogP contribution in [-0.2, 0) is 18.9 Å². The lowest BCUT2D eigenvalue weighted by Gasteiger charge is -2.63. The first-order valence-electron chi connectivity index (χ1n) is 11.5. The highest BCUT2D eigenvalue weighted by Gasteiger charge is 2.69. The van der Waals surface area contributed by atoms with Crippen molar-refractivity contribution in [1.29, 1.82) is 0 Å². The zero-order valence-corrected chi connectivity index (χ0v) is 17.8. The number of rotatable bonds is 3. The Bertz CT molecular complexity index is 590. The number of fused-ring (bicyclic) bond motifs is 6. The summed E-state index contributed by atoms with van der Waals surface area (Å²) in [5.41, 5.74) is 0.176. The zero-order valence-electron chi connectivity index (χ0n) is 17.8. The average molecular weight is 395 g/mol. The Morgan fingerprint density at radius 2 is 1.82 bits per heavy atom. The summed E-state index contributed by atoms with van der Waals surface area (Å²) < 4.78 is 23.5. The van der Waals surface area contributed by atoms with Crippen molar-refractivity contribution in [3.05, 3.63) is 0 Å². The molecule has 5 heteroatoms. The molecule has 0 radical (unpaired) electrons. The lowest BCUT2D eigenvalue weighted by atomic mass is 9.44. The van der Waals surface area contributed by atoms with Crippen molar-refractivity contribution in [3.63, 3.8) is 0 Å². The third-order valence-electron chi connectivity index (χ3n) is 9.77. The molecule has 0 aromatic heterocycles. The van der Waals surface area contributed by atoms with Crippen LogP contribution in [0.2, 0.25) is 0 Å². The molecular weight excluding hydrogens is 356 g/mol. The molecule has 1 saturated heterocycles. The van der Waals surface area contributed by atoms with Crippen LogP contribution >= 0.6 is 0 Å². The first-order valence-corrected chi connectivity index (χ1v) is 11.5. The molecule has 8 atom stereocenters. The van der Waals surface area contributed by atoms with Gasteiger partial charge in [0.15, 0.2) is 5.79 Å². The van der Waals surface area contributed by atoms with Gasteiger partial charge in [-0.15, -0.1) is 0 Å². The van der Waals surface area contributed by atoms with Gasteiger partial charge in [-0.05, 0) is 74.0 Å². The fourth-order valence-electron chi connectivity index (χ4n) is 8.54. The maximum atomic E-state index is 11.5. The number of ether oxygens (including phenoxy) is 4. The van der Waals surface area contributed by atoms with Gasteiger partial charge in [0.1, 0.15) is 6.79 Å². The van der Waals surface area contributed by atoms with Gasteiger partial charge < -0.3 is 24.1 Å². The summed E-state index contributed by atoms with van der Waals surface area (Å²) in [6, 6.07) is 0. The van der Waals surface area contributed by atoms with E-state index in [-0.39, 0.29) is 16.9 Å². The van der Waals surface area contributed by atoms with Crippen molar-refractivity contribution in [3.8, 4) is 0 Å². The second-order valence-electron chi connectivity index (χ2n) is 10.7. The van der Waals surface area contributed by atoms with Gasteiger partial charge in [-0.25, -0.2) is 0 Å². The van der Waals surface area contributed by atoms with E-state index < -0.39 is 5.79 Å². The van der Waals surface area contributed by atoms with Gasteiger partial charge >= 0.3 is 0 Å². The highest BCUT2D eigenvalue weighted by Crippen LogP contribution is 2.69. The van der Waals surface area contributed by atoms with Crippen LogP contribution in [0.4, 0.5) is 0 Å². The van der Waals surface area contributed by atoms with Crippen LogP contribution in [0.3, 0.4) is 0 Å². The average Bonchev–Trinajstić information content (AvgIpc) is 3.26. The van der Waals surface area contributed by atoms with Gasteiger partial charge in [0, 0.05) is 18.9 Å². The first-order chi connectivity index (χ1) is 13.4. The molecule has 5 rings (SSSR count). The summed E-state index contributed by atoms with van der Waals surface area (Å²) in [4.78, 5) is 0. The first kappa shape index (κ1) is 19.7. The van der Waals surface area contributed by atoms with E-state index in [1.54, 1.807) is 7.11 Å². The van der Waals surface area contributed by atoms with E-state index >= 15 is 0 Å². The molecule has 4 saturated carbocycles. The number of aliphatic hydroxyl groups excluding tert-OH is 1. The Labute approximate surface area is 169 Å². The molecule has 0 bridgehead atoms. The Morgan fingerprint density at radius 3 is 2.57 bits per heavy atom. The van der Waals surface area contributed by atoms with Crippen LogP contribution in [0.1, 0.15) is 65.2 Å². The normalized spacial score (nSPS) is 52.3. The minimum Gasteiger partial charge on any atom is -0.393 e. The van der Waals surface area contributed by atoms with Crippen LogP contribution in [0.5, 0.6) is 0 Å². The van der Waals surface area contributed by atoms with Crippen molar-refractivity contribution in [2.45, 2.75) is 83.2 Å². The van der Waals surface area contributed by atoms with Gasteiger partial charge in [0.2, 0.25) is 0 Å². The number of aliphatic hydroxyl groups is 1.